The molecule has 2 heterocycles. The Hall–Kier alpha value is -3.41. The molecule has 0 radical (unpaired) electrons. The van der Waals surface area contributed by atoms with Gasteiger partial charge in [-0.25, -0.2) is 8.91 Å². The van der Waals surface area contributed by atoms with E-state index in [-0.39, 0.29) is 17.9 Å². The van der Waals surface area contributed by atoms with Crippen molar-refractivity contribution >= 4 is 5.52 Å². The highest BCUT2D eigenvalue weighted by Crippen LogP contribution is 2.22. The van der Waals surface area contributed by atoms with Crippen molar-refractivity contribution in [1.29, 1.82) is 0 Å². The van der Waals surface area contributed by atoms with Crippen LogP contribution in [0.3, 0.4) is 0 Å². The summed E-state index contributed by atoms with van der Waals surface area (Å²) in [4.78, 5) is 12.8. The summed E-state index contributed by atoms with van der Waals surface area (Å²) < 4.78 is 22.4. The molecule has 0 fully saturated rings. The van der Waals surface area contributed by atoms with Crippen LogP contribution in [0.15, 0.2) is 71.8 Å². The summed E-state index contributed by atoms with van der Waals surface area (Å²) in [5.74, 6) is 0.463. The van der Waals surface area contributed by atoms with E-state index in [9.17, 15) is 9.18 Å². The van der Waals surface area contributed by atoms with E-state index in [0.29, 0.717) is 23.4 Å². The normalized spacial score (nSPS) is 11.0. The van der Waals surface area contributed by atoms with Gasteiger partial charge in [-0.2, -0.15) is 5.10 Å². The lowest BCUT2D eigenvalue weighted by molar-refractivity contribution is 0.340. The van der Waals surface area contributed by atoms with Crippen molar-refractivity contribution in [1.82, 2.24) is 14.2 Å². The summed E-state index contributed by atoms with van der Waals surface area (Å²) in [6, 6.07) is 15.8. The first kappa shape index (κ1) is 17.0. The molecule has 0 saturated carbocycles. The van der Waals surface area contributed by atoms with Crippen molar-refractivity contribution in [2.45, 2.75) is 13.5 Å². The lowest BCUT2D eigenvalue weighted by atomic mass is 10.1. The van der Waals surface area contributed by atoms with E-state index in [4.69, 9.17) is 4.74 Å². The van der Waals surface area contributed by atoms with E-state index in [2.05, 4.69) is 5.10 Å². The van der Waals surface area contributed by atoms with Gasteiger partial charge in [0, 0.05) is 23.5 Å². The maximum atomic E-state index is 13.9. The lowest BCUT2D eigenvalue weighted by Gasteiger charge is -2.06. The van der Waals surface area contributed by atoms with Crippen LogP contribution in [0.5, 0.6) is 5.75 Å². The number of fused-ring (bicyclic) bond motifs is 1. The van der Waals surface area contributed by atoms with Crippen LogP contribution < -0.4 is 10.3 Å². The van der Waals surface area contributed by atoms with Gasteiger partial charge in [-0.15, -0.1) is 0 Å². The minimum atomic E-state index is -0.326. The molecule has 0 aliphatic carbocycles. The minimum Gasteiger partial charge on any atom is -0.494 e. The Kier molecular flexibility index (Phi) is 4.46. The average molecular weight is 363 g/mol. The van der Waals surface area contributed by atoms with E-state index in [1.165, 1.54) is 10.6 Å². The molecular weight excluding hydrogens is 345 g/mol. The molecule has 4 aromatic rings. The molecule has 0 spiro atoms. The Morgan fingerprint density at radius 2 is 1.85 bits per heavy atom. The van der Waals surface area contributed by atoms with Crippen molar-refractivity contribution in [2.75, 3.05) is 6.61 Å². The van der Waals surface area contributed by atoms with Gasteiger partial charge in [0.15, 0.2) is 0 Å². The molecule has 0 amide bonds. The van der Waals surface area contributed by atoms with Gasteiger partial charge in [0.2, 0.25) is 0 Å². The largest absolute Gasteiger partial charge is 0.494 e. The van der Waals surface area contributed by atoms with Gasteiger partial charge < -0.3 is 9.30 Å². The van der Waals surface area contributed by atoms with Crippen LogP contribution in [-0.4, -0.2) is 20.8 Å². The van der Waals surface area contributed by atoms with Crippen LogP contribution in [0.4, 0.5) is 4.39 Å². The molecule has 0 saturated heterocycles. The molecule has 0 bridgehead atoms. The number of ether oxygens (including phenoxy) is 1. The summed E-state index contributed by atoms with van der Waals surface area (Å²) in [5, 5.41) is 4.47. The smallest absolute Gasteiger partial charge is 0.276 e. The van der Waals surface area contributed by atoms with Crippen LogP contribution in [-0.2, 0) is 6.54 Å². The molecule has 0 unspecified atom stereocenters. The van der Waals surface area contributed by atoms with Crippen molar-refractivity contribution < 1.29 is 9.13 Å². The Bertz CT molecular complexity index is 1150. The molecule has 4 rings (SSSR count). The minimum absolute atomic E-state index is 0.172. The molecule has 136 valence electrons. The van der Waals surface area contributed by atoms with Crippen LogP contribution in [0.2, 0.25) is 0 Å². The van der Waals surface area contributed by atoms with Crippen LogP contribution in [0.1, 0.15) is 12.5 Å². The summed E-state index contributed by atoms with van der Waals surface area (Å²) in [7, 11) is 0. The molecule has 0 N–H and O–H groups in total. The molecule has 0 aliphatic rings. The van der Waals surface area contributed by atoms with Gasteiger partial charge in [-0.05, 0) is 43.3 Å². The second kappa shape index (κ2) is 7.07. The van der Waals surface area contributed by atoms with Gasteiger partial charge in [-0.1, -0.05) is 18.2 Å². The molecule has 2 aromatic carbocycles. The Morgan fingerprint density at radius 1 is 1.07 bits per heavy atom. The maximum Gasteiger partial charge on any atom is 0.276 e. The van der Waals surface area contributed by atoms with Gasteiger partial charge in [-0.3, -0.25) is 4.79 Å². The zero-order chi connectivity index (χ0) is 18.8. The second-order valence-corrected chi connectivity index (χ2v) is 6.14. The summed E-state index contributed by atoms with van der Waals surface area (Å²) in [6.45, 7) is 2.71. The standard InChI is InChI=1S/C21H18FN3O2/c1-2-27-17-9-7-15(8-10-17)19-13-20-21(26)24(11-12-25(20)23-19)14-16-5-3-4-6-18(16)22/h3-13H,2,14H2,1H3. The Balaban J connectivity index is 1.70. The number of halogens is 1. The second-order valence-electron chi connectivity index (χ2n) is 6.14. The van der Waals surface area contributed by atoms with Crippen LogP contribution >= 0.6 is 0 Å². The molecule has 6 heteroatoms. The maximum absolute atomic E-state index is 13.9. The number of hydrogen-bond donors (Lipinski definition) is 0. The van der Waals surface area contributed by atoms with E-state index in [0.717, 1.165) is 11.3 Å². The zero-order valence-corrected chi connectivity index (χ0v) is 14.8. The molecule has 2 aromatic heterocycles. The number of nitrogens with zero attached hydrogens (tertiary/aromatic N) is 3. The quantitative estimate of drug-likeness (QED) is 0.543. The highest BCUT2D eigenvalue weighted by atomic mass is 19.1. The monoisotopic (exact) mass is 363 g/mol. The predicted molar refractivity (Wildman–Crippen MR) is 102 cm³/mol. The zero-order valence-electron chi connectivity index (χ0n) is 14.8. The Labute approximate surface area is 155 Å². The highest BCUT2D eigenvalue weighted by Gasteiger charge is 2.11. The van der Waals surface area contributed by atoms with Crippen molar-refractivity contribution in [3.05, 3.63) is 88.7 Å². The van der Waals surface area contributed by atoms with E-state index < -0.39 is 0 Å². The molecule has 27 heavy (non-hydrogen) atoms. The fourth-order valence-corrected chi connectivity index (χ4v) is 2.99. The molecular formula is C21H18FN3O2. The SMILES string of the molecule is CCOc1ccc(-c2cc3c(=O)n(Cc4ccccc4F)ccn3n2)cc1. The first-order valence-corrected chi connectivity index (χ1v) is 8.71. The summed E-state index contributed by atoms with van der Waals surface area (Å²) in [6.07, 6.45) is 3.33. The third-order valence-electron chi connectivity index (χ3n) is 4.36. The van der Waals surface area contributed by atoms with Crippen LogP contribution in [0, 0.1) is 5.82 Å². The highest BCUT2D eigenvalue weighted by molar-refractivity contribution is 5.66. The molecule has 5 nitrogen and oxygen atoms in total. The van der Waals surface area contributed by atoms with Crippen molar-refractivity contribution in [2.24, 2.45) is 0 Å². The fourth-order valence-electron chi connectivity index (χ4n) is 2.99. The van der Waals surface area contributed by atoms with E-state index in [1.54, 1.807) is 41.2 Å². The molecule has 0 aliphatic heterocycles. The van der Waals surface area contributed by atoms with Gasteiger partial charge >= 0.3 is 0 Å². The lowest BCUT2D eigenvalue weighted by Crippen LogP contribution is -2.22. The number of benzene rings is 2. The predicted octanol–water partition coefficient (Wildman–Crippen LogP) is 3.75. The number of rotatable bonds is 5. The first-order chi connectivity index (χ1) is 13.2. The summed E-state index contributed by atoms with van der Waals surface area (Å²) >= 11 is 0. The van der Waals surface area contributed by atoms with E-state index in [1.807, 2.05) is 31.2 Å². The van der Waals surface area contributed by atoms with Crippen molar-refractivity contribution in [3.8, 4) is 17.0 Å². The fraction of sp³-hybridized carbons (Fsp3) is 0.143. The molecule has 0 atom stereocenters. The van der Waals surface area contributed by atoms with Crippen LogP contribution in [0.25, 0.3) is 16.8 Å². The van der Waals surface area contributed by atoms with Crippen molar-refractivity contribution in [3.63, 3.8) is 0 Å². The third-order valence-corrected chi connectivity index (χ3v) is 4.36. The van der Waals surface area contributed by atoms with Gasteiger partial charge in [0.1, 0.15) is 17.1 Å². The van der Waals surface area contributed by atoms with Gasteiger partial charge in [0.05, 0.1) is 18.8 Å². The Morgan fingerprint density at radius 3 is 2.59 bits per heavy atom. The van der Waals surface area contributed by atoms with Gasteiger partial charge in [0.25, 0.3) is 5.56 Å². The first-order valence-electron chi connectivity index (χ1n) is 8.71. The summed E-state index contributed by atoms with van der Waals surface area (Å²) in [5.41, 5.74) is 2.28. The number of aromatic nitrogens is 3. The van der Waals surface area contributed by atoms with E-state index >= 15 is 0 Å². The average Bonchev–Trinajstić information content (AvgIpc) is 3.12. The number of hydrogen-bond acceptors (Lipinski definition) is 3. The topological polar surface area (TPSA) is 48.5 Å². The third kappa shape index (κ3) is 3.33.